The fourth-order valence-corrected chi connectivity index (χ4v) is 3.48. The third kappa shape index (κ3) is 2.52. The summed E-state index contributed by atoms with van der Waals surface area (Å²) in [6.45, 7) is 5.00. The first-order valence-electron chi connectivity index (χ1n) is 6.29. The lowest BCUT2D eigenvalue weighted by Crippen LogP contribution is -2.33. The van der Waals surface area contributed by atoms with Crippen molar-refractivity contribution in [2.24, 2.45) is 0 Å². The van der Waals surface area contributed by atoms with E-state index in [-0.39, 0.29) is 6.10 Å². The molecule has 2 saturated heterocycles. The van der Waals surface area contributed by atoms with Crippen molar-refractivity contribution < 1.29 is 4.74 Å². The molecule has 4 nitrogen and oxygen atoms in total. The largest absolute Gasteiger partial charge is 0.368 e. The average molecular weight is 253 g/mol. The molecular weight excluding hydrogens is 234 g/mol. The van der Waals surface area contributed by atoms with Crippen LogP contribution < -0.4 is 5.32 Å². The predicted molar refractivity (Wildman–Crippen MR) is 68.5 cm³/mol. The first-order chi connectivity index (χ1) is 8.33. The Balaban J connectivity index is 1.69. The van der Waals surface area contributed by atoms with Gasteiger partial charge >= 0.3 is 0 Å². The van der Waals surface area contributed by atoms with Crippen molar-refractivity contribution >= 4 is 11.3 Å². The van der Waals surface area contributed by atoms with E-state index >= 15 is 0 Å². The van der Waals surface area contributed by atoms with Crippen molar-refractivity contribution in [2.45, 2.75) is 18.4 Å². The number of likely N-dealkylation sites (N-methyl/N-ethyl adjacent to an activating group) is 1. The first kappa shape index (κ1) is 11.6. The lowest BCUT2D eigenvalue weighted by atomic mass is 10.1. The highest BCUT2D eigenvalue weighted by atomic mass is 32.1. The lowest BCUT2D eigenvalue weighted by Gasteiger charge is -2.21. The van der Waals surface area contributed by atoms with Crippen LogP contribution in [0.4, 0.5) is 0 Å². The van der Waals surface area contributed by atoms with Gasteiger partial charge in [0.15, 0.2) is 0 Å². The van der Waals surface area contributed by atoms with Crippen molar-refractivity contribution in [3.8, 4) is 0 Å². The molecule has 0 spiro atoms. The van der Waals surface area contributed by atoms with Crippen molar-refractivity contribution in [2.75, 3.05) is 39.8 Å². The number of hydrogen-bond donors (Lipinski definition) is 1. The number of nitrogens with one attached hydrogen (secondary N) is 1. The van der Waals surface area contributed by atoms with Crippen molar-refractivity contribution in [3.05, 3.63) is 16.1 Å². The summed E-state index contributed by atoms with van der Waals surface area (Å²) in [5.74, 6) is 0.626. The molecule has 2 atom stereocenters. The Labute approximate surface area is 106 Å². The average Bonchev–Trinajstić information content (AvgIpc) is 2.98. The van der Waals surface area contributed by atoms with E-state index in [0.29, 0.717) is 5.92 Å². The van der Waals surface area contributed by atoms with Crippen molar-refractivity contribution in [1.82, 2.24) is 15.2 Å². The number of nitrogens with zero attached hydrogens (tertiary/aromatic N) is 2. The maximum Gasteiger partial charge on any atom is 0.123 e. The highest BCUT2D eigenvalue weighted by Crippen LogP contribution is 2.30. The molecule has 2 aliphatic heterocycles. The van der Waals surface area contributed by atoms with Gasteiger partial charge in [-0.2, -0.15) is 0 Å². The number of aromatic nitrogens is 1. The maximum atomic E-state index is 5.74. The molecule has 3 heterocycles. The molecule has 1 aromatic heterocycles. The van der Waals surface area contributed by atoms with Gasteiger partial charge in [0.2, 0.25) is 0 Å². The second-order valence-electron chi connectivity index (χ2n) is 4.92. The van der Waals surface area contributed by atoms with Crippen LogP contribution >= 0.6 is 11.3 Å². The Hall–Kier alpha value is -0.490. The van der Waals surface area contributed by atoms with Gasteiger partial charge in [-0.3, -0.25) is 0 Å². The number of morpholine rings is 1. The summed E-state index contributed by atoms with van der Waals surface area (Å²) in [5.41, 5.74) is 1.27. The Bertz CT molecular complexity index is 356. The van der Waals surface area contributed by atoms with Crippen LogP contribution in [0.25, 0.3) is 0 Å². The summed E-state index contributed by atoms with van der Waals surface area (Å²) < 4.78 is 5.74. The Morgan fingerprint density at radius 3 is 3.24 bits per heavy atom. The number of rotatable bonds is 2. The van der Waals surface area contributed by atoms with E-state index in [1.54, 1.807) is 11.3 Å². The Kier molecular flexibility index (Phi) is 3.42. The standard InChI is InChI=1S/C12H19N3OS/c1-15-4-2-9(7-15)10-8-17-12(14-10)11-6-13-3-5-16-11/h8-9,11,13H,2-7H2,1H3. The highest BCUT2D eigenvalue weighted by Gasteiger charge is 2.25. The van der Waals surface area contributed by atoms with Crippen LogP contribution in [0.1, 0.15) is 29.1 Å². The summed E-state index contributed by atoms with van der Waals surface area (Å²) >= 11 is 1.75. The minimum Gasteiger partial charge on any atom is -0.368 e. The molecule has 1 aromatic rings. The molecule has 0 amide bonds. The van der Waals surface area contributed by atoms with Gasteiger partial charge in [0, 0.05) is 30.9 Å². The molecule has 5 heteroatoms. The van der Waals surface area contributed by atoms with Crippen LogP contribution in [0.2, 0.25) is 0 Å². The fourth-order valence-electron chi connectivity index (χ4n) is 2.54. The van der Waals surface area contributed by atoms with Gasteiger partial charge in [-0.1, -0.05) is 0 Å². The van der Waals surface area contributed by atoms with E-state index in [9.17, 15) is 0 Å². The van der Waals surface area contributed by atoms with Gasteiger partial charge in [-0.25, -0.2) is 4.98 Å². The van der Waals surface area contributed by atoms with E-state index in [4.69, 9.17) is 9.72 Å². The zero-order valence-electron chi connectivity index (χ0n) is 10.2. The number of ether oxygens (including phenoxy) is 1. The molecule has 1 N–H and O–H groups in total. The van der Waals surface area contributed by atoms with Crippen molar-refractivity contribution in [1.29, 1.82) is 0 Å². The lowest BCUT2D eigenvalue weighted by molar-refractivity contribution is 0.0274. The minimum absolute atomic E-state index is 0.168. The smallest absolute Gasteiger partial charge is 0.123 e. The summed E-state index contributed by atoms with van der Waals surface area (Å²) in [5, 5.41) is 6.71. The molecule has 0 aromatic carbocycles. The van der Waals surface area contributed by atoms with Crippen LogP contribution in [0.5, 0.6) is 0 Å². The quantitative estimate of drug-likeness (QED) is 0.860. The van der Waals surface area contributed by atoms with Crippen LogP contribution in [-0.2, 0) is 4.74 Å². The van der Waals surface area contributed by atoms with Gasteiger partial charge < -0.3 is 15.0 Å². The minimum atomic E-state index is 0.168. The normalized spacial score (nSPS) is 30.9. The van der Waals surface area contributed by atoms with E-state index in [1.807, 2.05) is 0 Å². The van der Waals surface area contributed by atoms with Gasteiger partial charge in [0.1, 0.15) is 11.1 Å². The Morgan fingerprint density at radius 2 is 2.53 bits per heavy atom. The van der Waals surface area contributed by atoms with Crippen LogP contribution in [-0.4, -0.2) is 49.7 Å². The molecule has 2 unspecified atom stereocenters. The molecule has 2 aliphatic rings. The monoisotopic (exact) mass is 253 g/mol. The zero-order chi connectivity index (χ0) is 11.7. The molecule has 0 bridgehead atoms. The second-order valence-corrected chi connectivity index (χ2v) is 5.81. The molecule has 0 aliphatic carbocycles. The molecule has 0 radical (unpaired) electrons. The van der Waals surface area contributed by atoms with Gasteiger partial charge in [0.25, 0.3) is 0 Å². The predicted octanol–water partition coefficient (Wildman–Crippen LogP) is 1.22. The molecule has 94 valence electrons. The number of hydrogen-bond acceptors (Lipinski definition) is 5. The van der Waals surface area contributed by atoms with Gasteiger partial charge in [-0.15, -0.1) is 11.3 Å². The van der Waals surface area contributed by atoms with Gasteiger partial charge in [-0.05, 0) is 20.0 Å². The molecular formula is C12H19N3OS. The molecule has 0 saturated carbocycles. The third-order valence-electron chi connectivity index (χ3n) is 3.55. The van der Waals surface area contributed by atoms with Crippen molar-refractivity contribution in [3.63, 3.8) is 0 Å². The maximum absolute atomic E-state index is 5.74. The number of likely N-dealkylation sites (tertiary alicyclic amines) is 1. The zero-order valence-corrected chi connectivity index (χ0v) is 11.0. The second kappa shape index (κ2) is 5.02. The molecule has 17 heavy (non-hydrogen) atoms. The first-order valence-corrected chi connectivity index (χ1v) is 7.17. The number of thiazole rings is 1. The SMILES string of the molecule is CN1CCC(c2csc(C3CNCCO3)n2)C1. The van der Waals surface area contributed by atoms with Gasteiger partial charge in [0.05, 0.1) is 12.3 Å². The van der Waals surface area contributed by atoms with Crippen LogP contribution in [0.15, 0.2) is 5.38 Å². The fraction of sp³-hybridized carbons (Fsp3) is 0.750. The third-order valence-corrected chi connectivity index (χ3v) is 4.51. The summed E-state index contributed by atoms with van der Waals surface area (Å²) in [6, 6.07) is 0. The van der Waals surface area contributed by atoms with E-state index in [1.165, 1.54) is 18.7 Å². The summed E-state index contributed by atoms with van der Waals surface area (Å²) in [6.07, 6.45) is 1.41. The topological polar surface area (TPSA) is 37.4 Å². The van der Waals surface area contributed by atoms with Crippen LogP contribution in [0.3, 0.4) is 0 Å². The molecule has 2 fully saturated rings. The Morgan fingerprint density at radius 1 is 1.59 bits per heavy atom. The summed E-state index contributed by atoms with van der Waals surface area (Å²) in [7, 11) is 2.18. The summed E-state index contributed by atoms with van der Waals surface area (Å²) in [4.78, 5) is 7.15. The highest BCUT2D eigenvalue weighted by molar-refractivity contribution is 7.09. The van der Waals surface area contributed by atoms with E-state index in [0.717, 1.165) is 31.2 Å². The van der Waals surface area contributed by atoms with E-state index < -0.39 is 0 Å². The van der Waals surface area contributed by atoms with E-state index in [2.05, 4.69) is 22.6 Å². The van der Waals surface area contributed by atoms with Crippen LogP contribution in [0, 0.1) is 0 Å². The molecule has 3 rings (SSSR count).